The van der Waals surface area contributed by atoms with Crippen molar-refractivity contribution in [1.29, 1.82) is 0 Å². The van der Waals surface area contributed by atoms with Crippen molar-refractivity contribution in [3.05, 3.63) is 57.6 Å². The zero-order chi connectivity index (χ0) is 18.5. The van der Waals surface area contributed by atoms with Gasteiger partial charge in [-0.25, -0.2) is 4.79 Å². The summed E-state index contributed by atoms with van der Waals surface area (Å²) in [5.41, 5.74) is 4.77. The van der Waals surface area contributed by atoms with Crippen LogP contribution in [0.2, 0.25) is 5.02 Å². The molecule has 4 rings (SSSR count). The summed E-state index contributed by atoms with van der Waals surface area (Å²) in [4.78, 5) is 16.0. The molecule has 2 aliphatic heterocycles. The predicted octanol–water partition coefficient (Wildman–Crippen LogP) is 1.24. The van der Waals surface area contributed by atoms with Crippen molar-refractivity contribution < 1.29 is 19.3 Å². The summed E-state index contributed by atoms with van der Waals surface area (Å²) in [6.07, 6.45) is -1.20. The fourth-order valence-electron chi connectivity index (χ4n) is 3.47. The highest BCUT2D eigenvalue weighted by Gasteiger charge is 2.62. The van der Waals surface area contributed by atoms with E-state index >= 15 is 0 Å². The van der Waals surface area contributed by atoms with Crippen LogP contribution in [0, 0.1) is 0 Å². The molecule has 1 aromatic carbocycles. The van der Waals surface area contributed by atoms with Gasteiger partial charge in [-0.2, -0.15) is 4.98 Å². The average Bonchev–Trinajstić information content (AvgIpc) is 3.08. The van der Waals surface area contributed by atoms with Gasteiger partial charge in [0.2, 0.25) is 0 Å². The Balaban J connectivity index is 1.70. The third kappa shape index (κ3) is 2.70. The maximum atomic E-state index is 12.3. The first kappa shape index (κ1) is 17.4. The summed E-state index contributed by atoms with van der Waals surface area (Å²) in [6.45, 7) is 1.52. The molecule has 2 saturated heterocycles. The van der Waals surface area contributed by atoms with E-state index in [0.717, 1.165) is 5.56 Å². The molecule has 2 unspecified atom stereocenters. The highest BCUT2D eigenvalue weighted by atomic mass is 35.5. The molecule has 0 amide bonds. The van der Waals surface area contributed by atoms with E-state index in [9.17, 15) is 9.90 Å². The first-order chi connectivity index (χ1) is 12.4. The van der Waals surface area contributed by atoms with Crippen LogP contribution in [-0.4, -0.2) is 39.1 Å². The number of aromatic nitrogens is 2. The molecule has 8 nitrogen and oxygen atoms in total. The molecule has 5 atom stereocenters. The number of hydrogen-bond acceptors (Lipinski definition) is 7. The number of nitrogens with zero attached hydrogens (tertiary/aromatic N) is 2. The maximum absolute atomic E-state index is 12.3. The Morgan fingerprint density at radius 2 is 2.04 bits per heavy atom. The van der Waals surface area contributed by atoms with Crippen LogP contribution in [0.5, 0.6) is 0 Å². The zero-order valence-electron chi connectivity index (χ0n) is 13.9. The van der Waals surface area contributed by atoms with Gasteiger partial charge < -0.3 is 25.1 Å². The highest BCUT2D eigenvalue weighted by molar-refractivity contribution is 6.30. The number of aliphatic hydroxyl groups is 1. The van der Waals surface area contributed by atoms with Crippen LogP contribution < -0.4 is 11.4 Å². The summed E-state index contributed by atoms with van der Waals surface area (Å²) >= 11 is 5.93. The van der Waals surface area contributed by atoms with E-state index in [1.165, 1.54) is 16.8 Å². The van der Waals surface area contributed by atoms with Gasteiger partial charge >= 0.3 is 5.69 Å². The van der Waals surface area contributed by atoms with Crippen molar-refractivity contribution in [3.8, 4) is 0 Å². The van der Waals surface area contributed by atoms with Crippen LogP contribution >= 0.6 is 11.6 Å². The molecule has 0 saturated carbocycles. The standard InChI is InChI=1S/C17H18ClN3O5/c1-17-13(25-14(26-17)9-2-4-10(18)5-3-9)11(8-22)24-15(17)21-7-6-12(19)20-16(21)23/h2-7,11,13-15,22H,8H2,1H3,(H2,19,20,23)/t11-,13-,14?,15?,17-/m1/s1. The molecular formula is C17H18ClN3O5. The maximum Gasteiger partial charge on any atom is 0.351 e. The van der Waals surface area contributed by atoms with Crippen molar-refractivity contribution in [1.82, 2.24) is 9.55 Å². The Labute approximate surface area is 154 Å². The highest BCUT2D eigenvalue weighted by Crippen LogP contribution is 2.51. The van der Waals surface area contributed by atoms with Gasteiger partial charge in [-0.05, 0) is 25.1 Å². The second kappa shape index (κ2) is 6.33. The Kier molecular flexibility index (Phi) is 4.25. The lowest BCUT2D eigenvalue weighted by molar-refractivity contribution is -0.175. The molecule has 2 fully saturated rings. The molecule has 0 bridgehead atoms. The number of nitrogen functional groups attached to an aromatic ring is 1. The van der Waals surface area contributed by atoms with E-state index in [2.05, 4.69) is 4.98 Å². The Hall–Kier alpha value is -1.97. The first-order valence-electron chi connectivity index (χ1n) is 8.12. The minimum atomic E-state index is -1.00. The van der Waals surface area contributed by atoms with Crippen LogP contribution in [-0.2, 0) is 14.2 Å². The van der Waals surface area contributed by atoms with Crippen LogP contribution in [0.15, 0.2) is 41.3 Å². The first-order valence-corrected chi connectivity index (χ1v) is 8.50. The summed E-state index contributed by atoms with van der Waals surface area (Å²) in [5, 5.41) is 10.3. The smallest absolute Gasteiger partial charge is 0.351 e. The van der Waals surface area contributed by atoms with Crippen molar-refractivity contribution in [2.24, 2.45) is 0 Å². The lowest BCUT2D eigenvalue weighted by atomic mass is 9.96. The minimum absolute atomic E-state index is 0.118. The summed E-state index contributed by atoms with van der Waals surface area (Å²) < 4.78 is 19.3. The quantitative estimate of drug-likeness (QED) is 0.825. The van der Waals surface area contributed by atoms with E-state index in [0.29, 0.717) is 5.02 Å². The fraction of sp³-hybridized carbons (Fsp3) is 0.412. The summed E-state index contributed by atoms with van der Waals surface area (Å²) in [7, 11) is 0. The van der Waals surface area contributed by atoms with Gasteiger partial charge in [0.05, 0.1) is 6.61 Å². The van der Waals surface area contributed by atoms with E-state index in [1.54, 1.807) is 31.2 Å². The number of anilines is 1. The largest absolute Gasteiger partial charge is 0.394 e. The van der Waals surface area contributed by atoms with Gasteiger partial charge in [0.15, 0.2) is 12.5 Å². The molecular weight excluding hydrogens is 362 g/mol. The third-order valence-corrected chi connectivity index (χ3v) is 5.01. The molecule has 3 N–H and O–H groups in total. The molecule has 0 radical (unpaired) electrons. The van der Waals surface area contributed by atoms with E-state index in [1.807, 2.05) is 0 Å². The summed E-state index contributed by atoms with van der Waals surface area (Å²) in [5.74, 6) is 0.118. The number of ether oxygens (including phenoxy) is 3. The molecule has 1 aromatic heterocycles. The monoisotopic (exact) mass is 379 g/mol. The molecule has 9 heteroatoms. The van der Waals surface area contributed by atoms with Gasteiger partial charge in [0.1, 0.15) is 23.6 Å². The van der Waals surface area contributed by atoms with Crippen LogP contribution in [0.4, 0.5) is 5.82 Å². The molecule has 0 aliphatic carbocycles. The zero-order valence-corrected chi connectivity index (χ0v) is 14.7. The molecule has 138 valence electrons. The molecule has 0 spiro atoms. The van der Waals surface area contributed by atoms with Gasteiger partial charge in [-0.15, -0.1) is 0 Å². The lowest BCUT2D eigenvalue weighted by Gasteiger charge is -2.28. The van der Waals surface area contributed by atoms with E-state index in [4.69, 9.17) is 31.5 Å². The number of rotatable bonds is 3. The van der Waals surface area contributed by atoms with Crippen LogP contribution in [0.3, 0.4) is 0 Å². The number of fused-ring (bicyclic) bond motifs is 1. The van der Waals surface area contributed by atoms with Crippen LogP contribution in [0.1, 0.15) is 25.0 Å². The van der Waals surface area contributed by atoms with Crippen molar-refractivity contribution in [2.45, 2.75) is 37.3 Å². The SMILES string of the molecule is C[C@@]12OC(c3ccc(Cl)cc3)O[C@@H]1[C@@H](CO)OC2n1ccc(N)nc1=O. The third-order valence-electron chi connectivity index (χ3n) is 4.75. The fourth-order valence-corrected chi connectivity index (χ4v) is 3.60. The molecule has 3 heterocycles. The van der Waals surface area contributed by atoms with E-state index in [-0.39, 0.29) is 12.4 Å². The lowest BCUT2D eigenvalue weighted by Crippen LogP contribution is -2.44. The van der Waals surface area contributed by atoms with Gasteiger partial charge in [0, 0.05) is 16.8 Å². The van der Waals surface area contributed by atoms with Crippen LogP contribution in [0.25, 0.3) is 0 Å². The number of hydrogen-bond donors (Lipinski definition) is 2. The Morgan fingerprint density at radius 1 is 1.31 bits per heavy atom. The predicted molar refractivity (Wildman–Crippen MR) is 92.5 cm³/mol. The second-order valence-electron chi connectivity index (χ2n) is 6.49. The minimum Gasteiger partial charge on any atom is -0.394 e. The van der Waals surface area contributed by atoms with E-state index < -0.39 is 36.0 Å². The van der Waals surface area contributed by atoms with Gasteiger partial charge in [-0.3, -0.25) is 4.57 Å². The second-order valence-corrected chi connectivity index (χ2v) is 6.93. The Bertz CT molecular complexity index is 873. The normalized spacial score (nSPS) is 33.3. The summed E-state index contributed by atoms with van der Waals surface area (Å²) in [6, 6.07) is 8.59. The number of benzene rings is 1. The number of aliphatic hydroxyl groups excluding tert-OH is 1. The molecule has 2 aromatic rings. The average molecular weight is 380 g/mol. The van der Waals surface area contributed by atoms with Crippen molar-refractivity contribution >= 4 is 17.4 Å². The molecule has 26 heavy (non-hydrogen) atoms. The molecule has 2 aliphatic rings. The van der Waals surface area contributed by atoms with Gasteiger partial charge in [0.25, 0.3) is 0 Å². The van der Waals surface area contributed by atoms with Crippen molar-refractivity contribution in [3.63, 3.8) is 0 Å². The van der Waals surface area contributed by atoms with Gasteiger partial charge in [-0.1, -0.05) is 23.7 Å². The Morgan fingerprint density at radius 3 is 2.69 bits per heavy atom. The number of halogens is 1. The number of nitrogens with two attached hydrogens (primary N) is 1. The van der Waals surface area contributed by atoms with Crippen molar-refractivity contribution in [2.75, 3.05) is 12.3 Å². The topological polar surface area (TPSA) is 109 Å².